The van der Waals surface area contributed by atoms with Crippen molar-refractivity contribution < 1.29 is 9.90 Å². The number of benzene rings is 1. The topological polar surface area (TPSA) is 65.8 Å². The fourth-order valence-corrected chi connectivity index (χ4v) is 4.89. The number of thiazole rings is 1. The molecule has 2 aliphatic heterocycles. The summed E-state index contributed by atoms with van der Waals surface area (Å²) in [5.41, 5.74) is 3.38. The summed E-state index contributed by atoms with van der Waals surface area (Å²) in [6, 6.07) is 9.07. The standard InChI is InChI=1S/C16H15N3O2S2.Na.H/c20-14(21)6-12-8-22-15(17-12)18-16-19-7-11-4-2-1-3-10(11)5-13(19)9-23-16;;/h1-4,8,13H,5-7,9H2,(H,20,21);;. The fourth-order valence-electron chi connectivity index (χ4n) is 2.98. The molecule has 3 heterocycles. The number of hydrogen-bond acceptors (Lipinski definition) is 5. The molecule has 1 aromatic carbocycles. The Kier molecular flexibility index (Phi) is 5.66. The van der Waals surface area contributed by atoms with Crippen LogP contribution in [0.2, 0.25) is 0 Å². The van der Waals surface area contributed by atoms with Gasteiger partial charge in [0.05, 0.1) is 12.1 Å². The second-order valence-corrected chi connectivity index (χ2v) is 7.48. The summed E-state index contributed by atoms with van der Waals surface area (Å²) in [5, 5.41) is 12.2. The van der Waals surface area contributed by atoms with Gasteiger partial charge in [-0.05, 0) is 17.5 Å². The number of carbonyl (C=O) groups is 1. The third-order valence-corrected chi connectivity index (χ3v) is 5.99. The van der Waals surface area contributed by atoms with E-state index in [9.17, 15) is 4.79 Å². The van der Waals surface area contributed by atoms with E-state index in [-0.39, 0.29) is 36.0 Å². The van der Waals surface area contributed by atoms with Crippen molar-refractivity contribution in [2.75, 3.05) is 5.75 Å². The molecule has 0 saturated carbocycles. The van der Waals surface area contributed by atoms with Crippen LogP contribution in [0.25, 0.3) is 0 Å². The van der Waals surface area contributed by atoms with Crippen molar-refractivity contribution in [3.63, 3.8) is 0 Å². The van der Waals surface area contributed by atoms with Crippen LogP contribution in [0, 0.1) is 0 Å². The molecule has 0 radical (unpaired) electrons. The van der Waals surface area contributed by atoms with Gasteiger partial charge in [-0.15, -0.1) is 11.3 Å². The predicted octanol–water partition coefficient (Wildman–Crippen LogP) is 2.28. The Bertz CT molecular complexity index is 793. The Morgan fingerprint density at radius 1 is 1.38 bits per heavy atom. The summed E-state index contributed by atoms with van der Waals surface area (Å²) in [7, 11) is 0. The molecule has 0 aliphatic carbocycles. The molecule has 24 heavy (non-hydrogen) atoms. The zero-order chi connectivity index (χ0) is 15.8. The van der Waals surface area contributed by atoms with Gasteiger partial charge in [0.2, 0.25) is 5.13 Å². The Labute approximate surface area is 170 Å². The van der Waals surface area contributed by atoms with Crippen LogP contribution >= 0.6 is 23.1 Å². The Morgan fingerprint density at radius 3 is 2.96 bits per heavy atom. The van der Waals surface area contributed by atoms with E-state index in [1.807, 2.05) is 0 Å². The molecule has 1 atom stereocenters. The van der Waals surface area contributed by atoms with Crippen LogP contribution in [0.5, 0.6) is 0 Å². The van der Waals surface area contributed by atoms with Crippen LogP contribution in [-0.4, -0.2) is 67.5 Å². The van der Waals surface area contributed by atoms with Gasteiger partial charge in [0.1, 0.15) is 0 Å². The Hall–Kier alpha value is -0.860. The molecule has 1 N–H and O–H groups in total. The number of amidine groups is 1. The van der Waals surface area contributed by atoms with Crippen molar-refractivity contribution in [2.45, 2.75) is 25.4 Å². The van der Waals surface area contributed by atoms with Crippen molar-refractivity contribution in [1.82, 2.24) is 9.88 Å². The van der Waals surface area contributed by atoms with E-state index in [0.717, 1.165) is 23.9 Å². The molecule has 1 saturated heterocycles. The van der Waals surface area contributed by atoms with Crippen molar-refractivity contribution >= 4 is 68.9 Å². The number of hydrogen-bond donors (Lipinski definition) is 1. The molecular formula is C16H16N3NaO2S2. The molecule has 1 fully saturated rings. The summed E-state index contributed by atoms with van der Waals surface area (Å²) in [4.78, 5) is 22.1. The van der Waals surface area contributed by atoms with Crippen LogP contribution in [-0.2, 0) is 24.2 Å². The van der Waals surface area contributed by atoms with Crippen molar-refractivity contribution in [1.29, 1.82) is 0 Å². The average Bonchev–Trinajstić information content (AvgIpc) is 3.12. The number of aliphatic carboxylic acids is 1. The summed E-state index contributed by atoms with van der Waals surface area (Å²) >= 11 is 3.16. The molecule has 2 aromatic rings. The zero-order valence-electron chi connectivity index (χ0n) is 12.3. The van der Waals surface area contributed by atoms with Crippen molar-refractivity contribution in [2.24, 2.45) is 4.99 Å². The summed E-state index contributed by atoms with van der Waals surface area (Å²) in [6.07, 6.45) is 1.01. The number of aromatic nitrogens is 1. The first-order valence-electron chi connectivity index (χ1n) is 7.40. The number of aliphatic imine (C=N–C) groups is 1. The number of carboxylic acids is 1. The van der Waals surface area contributed by atoms with E-state index >= 15 is 0 Å². The molecule has 120 valence electrons. The number of rotatable bonds is 3. The molecule has 4 rings (SSSR count). The van der Waals surface area contributed by atoms with Gasteiger partial charge in [0.15, 0.2) is 5.17 Å². The van der Waals surface area contributed by atoms with E-state index in [0.29, 0.717) is 16.9 Å². The molecule has 2 aliphatic rings. The van der Waals surface area contributed by atoms with E-state index in [1.165, 1.54) is 22.5 Å². The first kappa shape index (κ1) is 17.9. The van der Waals surface area contributed by atoms with Crippen LogP contribution in [0.3, 0.4) is 0 Å². The van der Waals surface area contributed by atoms with E-state index < -0.39 is 5.97 Å². The molecule has 8 heteroatoms. The minimum absolute atomic E-state index is 0. The van der Waals surface area contributed by atoms with Crippen LogP contribution in [0.1, 0.15) is 16.8 Å². The SMILES string of the molecule is O=C(O)Cc1csc(N=C2SCC3Cc4ccccc4CN23)n1.[NaH]. The third kappa shape index (κ3) is 3.70. The van der Waals surface area contributed by atoms with Gasteiger partial charge in [-0.2, -0.15) is 4.99 Å². The van der Waals surface area contributed by atoms with Gasteiger partial charge in [-0.1, -0.05) is 36.0 Å². The molecule has 0 spiro atoms. The number of fused-ring (bicyclic) bond motifs is 2. The first-order chi connectivity index (χ1) is 11.2. The molecular weight excluding hydrogens is 353 g/mol. The summed E-state index contributed by atoms with van der Waals surface area (Å²) in [5.74, 6) is 0.179. The second-order valence-electron chi connectivity index (χ2n) is 5.65. The monoisotopic (exact) mass is 369 g/mol. The van der Waals surface area contributed by atoms with Crippen LogP contribution in [0.4, 0.5) is 5.13 Å². The average molecular weight is 369 g/mol. The molecule has 0 amide bonds. The number of nitrogens with zero attached hydrogens (tertiary/aromatic N) is 3. The molecule has 1 unspecified atom stereocenters. The van der Waals surface area contributed by atoms with Gasteiger partial charge in [-0.3, -0.25) is 4.79 Å². The fraction of sp³-hybridized carbons (Fsp3) is 0.312. The first-order valence-corrected chi connectivity index (χ1v) is 9.26. The maximum absolute atomic E-state index is 10.7. The minimum atomic E-state index is -0.863. The van der Waals surface area contributed by atoms with Gasteiger partial charge in [0, 0.05) is 23.7 Å². The van der Waals surface area contributed by atoms with E-state index in [4.69, 9.17) is 5.11 Å². The molecule has 5 nitrogen and oxygen atoms in total. The van der Waals surface area contributed by atoms with Gasteiger partial charge in [-0.25, -0.2) is 4.98 Å². The molecule has 1 aromatic heterocycles. The number of thioether (sulfide) groups is 1. The van der Waals surface area contributed by atoms with Gasteiger partial charge >= 0.3 is 35.5 Å². The van der Waals surface area contributed by atoms with Gasteiger partial charge < -0.3 is 10.0 Å². The summed E-state index contributed by atoms with van der Waals surface area (Å²) in [6.45, 7) is 0.889. The Morgan fingerprint density at radius 2 is 2.17 bits per heavy atom. The quantitative estimate of drug-likeness (QED) is 0.841. The van der Waals surface area contributed by atoms with Crippen LogP contribution in [0.15, 0.2) is 34.6 Å². The maximum atomic E-state index is 10.7. The Balaban J connectivity index is 0.00000169. The predicted molar refractivity (Wildman–Crippen MR) is 99.6 cm³/mol. The third-order valence-electron chi connectivity index (χ3n) is 4.07. The normalized spacial score (nSPS) is 20.4. The van der Waals surface area contributed by atoms with E-state index in [2.05, 4.69) is 39.1 Å². The van der Waals surface area contributed by atoms with Crippen LogP contribution < -0.4 is 0 Å². The van der Waals surface area contributed by atoms with Crippen molar-refractivity contribution in [3.8, 4) is 0 Å². The zero-order valence-corrected chi connectivity index (χ0v) is 13.9. The summed E-state index contributed by atoms with van der Waals surface area (Å²) < 4.78 is 0. The van der Waals surface area contributed by atoms with E-state index in [1.54, 1.807) is 17.1 Å². The molecule has 0 bridgehead atoms. The van der Waals surface area contributed by atoms with Gasteiger partial charge in [0.25, 0.3) is 0 Å². The second kappa shape index (κ2) is 7.58. The number of carboxylic acid groups (broad SMARTS) is 1. The van der Waals surface area contributed by atoms with Crippen molar-refractivity contribution in [3.05, 3.63) is 46.5 Å².